The number of sulfonamides is 1. The van der Waals surface area contributed by atoms with Crippen LogP contribution in [0.2, 0.25) is 10.0 Å². The van der Waals surface area contributed by atoms with E-state index in [1.807, 2.05) is 13.8 Å². The van der Waals surface area contributed by atoms with Crippen molar-refractivity contribution in [3.05, 3.63) is 58.1 Å². The molecule has 0 aliphatic rings. The second-order valence-corrected chi connectivity index (χ2v) is 11.3. The van der Waals surface area contributed by atoms with Crippen molar-refractivity contribution in [2.45, 2.75) is 52.1 Å². The zero-order valence-electron chi connectivity index (χ0n) is 21.7. The number of nitrogens with one attached hydrogen (secondary N) is 1. The number of carbonyl (C=O) groups is 2. The van der Waals surface area contributed by atoms with E-state index in [0.717, 1.165) is 18.2 Å². The van der Waals surface area contributed by atoms with Crippen molar-refractivity contribution in [2.24, 2.45) is 0 Å². The Labute approximate surface area is 229 Å². The Morgan fingerprint density at radius 3 is 2.27 bits per heavy atom. The Morgan fingerprint density at radius 2 is 1.73 bits per heavy atom. The molecule has 2 amide bonds. The molecule has 1 atom stereocenters. The molecule has 0 saturated heterocycles. The van der Waals surface area contributed by atoms with Crippen molar-refractivity contribution in [3.63, 3.8) is 0 Å². The summed E-state index contributed by atoms with van der Waals surface area (Å²) in [5.41, 5.74) is 1.22. The van der Waals surface area contributed by atoms with Crippen molar-refractivity contribution < 1.29 is 22.7 Å². The Morgan fingerprint density at radius 1 is 1.05 bits per heavy atom. The van der Waals surface area contributed by atoms with E-state index in [2.05, 4.69) is 5.32 Å². The minimum atomic E-state index is -3.58. The molecular formula is C26H35Cl2N3O5S. The van der Waals surface area contributed by atoms with Crippen LogP contribution >= 0.6 is 23.2 Å². The molecule has 37 heavy (non-hydrogen) atoms. The normalized spacial score (nSPS) is 12.1. The predicted molar refractivity (Wildman–Crippen MR) is 149 cm³/mol. The van der Waals surface area contributed by atoms with Gasteiger partial charge in [0.25, 0.3) is 0 Å². The van der Waals surface area contributed by atoms with Gasteiger partial charge in [0, 0.05) is 26.1 Å². The molecule has 2 aromatic carbocycles. The first kappa shape index (κ1) is 30.7. The van der Waals surface area contributed by atoms with E-state index < -0.39 is 16.1 Å². The number of halogens is 2. The number of benzene rings is 2. The van der Waals surface area contributed by atoms with Crippen molar-refractivity contribution in [1.29, 1.82) is 0 Å². The fraction of sp³-hybridized carbons (Fsp3) is 0.462. The molecule has 2 rings (SSSR count). The first-order chi connectivity index (χ1) is 17.5. The topological polar surface area (TPSA) is 96.0 Å². The minimum absolute atomic E-state index is 0.0566. The molecule has 0 fully saturated rings. The second-order valence-electron chi connectivity index (χ2n) is 8.62. The van der Waals surface area contributed by atoms with Gasteiger partial charge in [-0.05, 0) is 61.2 Å². The highest BCUT2D eigenvalue weighted by molar-refractivity contribution is 7.92. The highest BCUT2D eigenvalue weighted by atomic mass is 35.5. The summed E-state index contributed by atoms with van der Waals surface area (Å²) in [6.45, 7) is 4.59. The number of methoxy groups -OCH3 is 1. The van der Waals surface area contributed by atoms with Crippen molar-refractivity contribution in [2.75, 3.05) is 30.8 Å². The van der Waals surface area contributed by atoms with Crippen LogP contribution in [0.3, 0.4) is 0 Å². The van der Waals surface area contributed by atoms with Crippen LogP contribution in [0.4, 0.5) is 5.69 Å². The van der Waals surface area contributed by atoms with Crippen LogP contribution in [0.15, 0.2) is 42.5 Å². The Balaban J connectivity index is 2.22. The third-order valence-electron chi connectivity index (χ3n) is 5.78. The van der Waals surface area contributed by atoms with Crippen molar-refractivity contribution >= 4 is 50.7 Å². The SMILES string of the molecule is CCCNC(=O)C(CC)N(Cc1ccc(Cl)c(Cl)c1)C(=O)CCCN(c1ccc(OC)cc1)S(C)(=O)=O. The van der Waals surface area contributed by atoms with Gasteiger partial charge < -0.3 is 15.0 Å². The number of hydrogen-bond acceptors (Lipinski definition) is 5. The Hall–Kier alpha value is -2.49. The van der Waals surface area contributed by atoms with Gasteiger partial charge in [0.2, 0.25) is 21.8 Å². The van der Waals surface area contributed by atoms with Gasteiger partial charge in [-0.1, -0.05) is 43.1 Å². The summed E-state index contributed by atoms with van der Waals surface area (Å²) in [5, 5.41) is 3.63. The summed E-state index contributed by atoms with van der Waals surface area (Å²) in [6, 6.07) is 11.1. The van der Waals surface area contributed by atoms with Crippen LogP contribution in [-0.2, 0) is 26.2 Å². The number of ether oxygens (including phenoxy) is 1. The van der Waals surface area contributed by atoms with Gasteiger partial charge in [-0.15, -0.1) is 0 Å². The molecule has 204 valence electrons. The van der Waals surface area contributed by atoms with Gasteiger partial charge in [-0.2, -0.15) is 0 Å². The number of anilines is 1. The smallest absolute Gasteiger partial charge is 0.242 e. The van der Waals surface area contributed by atoms with E-state index in [-0.39, 0.29) is 37.7 Å². The van der Waals surface area contributed by atoms with Gasteiger partial charge in [0.05, 0.1) is 29.1 Å². The van der Waals surface area contributed by atoms with Gasteiger partial charge in [-0.25, -0.2) is 8.42 Å². The van der Waals surface area contributed by atoms with Gasteiger partial charge in [0.15, 0.2) is 0 Å². The zero-order chi connectivity index (χ0) is 27.6. The first-order valence-corrected chi connectivity index (χ1v) is 14.7. The van der Waals surface area contributed by atoms with Gasteiger partial charge >= 0.3 is 0 Å². The van der Waals surface area contributed by atoms with Crippen LogP contribution in [0.1, 0.15) is 45.1 Å². The number of rotatable bonds is 14. The fourth-order valence-electron chi connectivity index (χ4n) is 3.87. The lowest BCUT2D eigenvalue weighted by Gasteiger charge is -2.31. The van der Waals surface area contributed by atoms with E-state index >= 15 is 0 Å². The van der Waals surface area contributed by atoms with Crippen LogP contribution < -0.4 is 14.4 Å². The molecule has 1 unspecified atom stereocenters. The molecule has 11 heteroatoms. The summed E-state index contributed by atoms with van der Waals surface area (Å²) < 4.78 is 31.3. The maximum absolute atomic E-state index is 13.4. The van der Waals surface area contributed by atoms with E-state index in [1.165, 1.54) is 16.3 Å². The molecule has 0 heterocycles. The van der Waals surface area contributed by atoms with Crippen LogP contribution in [-0.4, -0.2) is 57.6 Å². The van der Waals surface area contributed by atoms with E-state index in [4.69, 9.17) is 27.9 Å². The summed E-state index contributed by atoms with van der Waals surface area (Å²) in [4.78, 5) is 27.9. The maximum Gasteiger partial charge on any atom is 0.242 e. The molecule has 0 aliphatic carbocycles. The molecular weight excluding hydrogens is 537 g/mol. The highest BCUT2D eigenvalue weighted by Gasteiger charge is 2.29. The summed E-state index contributed by atoms with van der Waals surface area (Å²) in [5.74, 6) is 0.124. The minimum Gasteiger partial charge on any atom is -0.497 e. The third-order valence-corrected chi connectivity index (χ3v) is 7.72. The molecule has 0 bridgehead atoms. The van der Waals surface area contributed by atoms with Crippen LogP contribution in [0, 0.1) is 0 Å². The largest absolute Gasteiger partial charge is 0.497 e. The van der Waals surface area contributed by atoms with Gasteiger partial charge in [-0.3, -0.25) is 13.9 Å². The average molecular weight is 573 g/mol. The molecule has 0 spiro atoms. The molecule has 2 aromatic rings. The summed E-state index contributed by atoms with van der Waals surface area (Å²) >= 11 is 12.2. The Bertz CT molecular complexity index is 1160. The van der Waals surface area contributed by atoms with Crippen molar-refractivity contribution in [3.8, 4) is 5.75 Å². The maximum atomic E-state index is 13.4. The third kappa shape index (κ3) is 9.09. The predicted octanol–water partition coefficient (Wildman–Crippen LogP) is 4.88. The lowest BCUT2D eigenvalue weighted by molar-refractivity contribution is -0.141. The summed E-state index contributed by atoms with van der Waals surface area (Å²) in [7, 11) is -2.05. The quantitative estimate of drug-likeness (QED) is 0.348. The molecule has 8 nitrogen and oxygen atoms in total. The van der Waals surface area contributed by atoms with E-state index in [0.29, 0.717) is 34.4 Å². The molecule has 0 radical (unpaired) electrons. The second kappa shape index (κ2) is 14.4. The lowest BCUT2D eigenvalue weighted by atomic mass is 10.1. The first-order valence-electron chi connectivity index (χ1n) is 12.1. The van der Waals surface area contributed by atoms with Crippen LogP contribution in [0.5, 0.6) is 5.75 Å². The molecule has 0 aromatic heterocycles. The number of amides is 2. The van der Waals surface area contributed by atoms with E-state index in [1.54, 1.807) is 42.5 Å². The summed E-state index contributed by atoms with van der Waals surface area (Å²) in [6.07, 6.45) is 2.64. The zero-order valence-corrected chi connectivity index (χ0v) is 24.0. The molecule has 1 N–H and O–H groups in total. The van der Waals surface area contributed by atoms with Gasteiger partial charge in [0.1, 0.15) is 11.8 Å². The van der Waals surface area contributed by atoms with E-state index in [9.17, 15) is 18.0 Å². The Kier molecular flexibility index (Phi) is 12.0. The number of nitrogens with zero attached hydrogens (tertiary/aromatic N) is 2. The lowest BCUT2D eigenvalue weighted by Crippen LogP contribution is -2.49. The monoisotopic (exact) mass is 571 g/mol. The van der Waals surface area contributed by atoms with Crippen LogP contribution in [0.25, 0.3) is 0 Å². The number of hydrogen-bond donors (Lipinski definition) is 1. The standard InChI is InChI=1S/C26H35Cl2N3O5S/c1-5-15-29-26(33)24(6-2)30(18-19-9-14-22(27)23(28)17-19)25(32)8-7-16-31(37(4,34)35)20-10-12-21(36-3)13-11-20/h9-14,17,24H,5-8,15-16,18H2,1-4H3,(H,29,33). The molecule has 0 saturated carbocycles. The average Bonchev–Trinajstić information content (AvgIpc) is 2.86. The molecule has 0 aliphatic heterocycles. The number of carbonyl (C=O) groups excluding carboxylic acids is 2. The highest BCUT2D eigenvalue weighted by Crippen LogP contribution is 2.25. The fourth-order valence-corrected chi connectivity index (χ4v) is 5.16. The van der Waals surface area contributed by atoms with Crippen molar-refractivity contribution in [1.82, 2.24) is 10.2 Å².